The molecule has 1 saturated carbocycles. The highest BCUT2D eigenvalue weighted by atomic mass is 32.1. The summed E-state index contributed by atoms with van der Waals surface area (Å²) in [6, 6.07) is 0. The molecular weight excluding hydrogens is 274 g/mol. The summed E-state index contributed by atoms with van der Waals surface area (Å²) in [6.07, 6.45) is 7.27. The Morgan fingerprint density at radius 1 is 1.45 bits per heavy atom. The molecule has 0 aliphatic heterocycles. The summed E-state index contributed by atoms with van der Waals surface area (Å²) in [4.78, 5) is 16.1. The third kappa shape index (κ3) is 4.85. The van der Waals surface area contributed by atoms with Crippen LogP contribution in [-0.2, 0) is 11.2 Å². The molecule has 0 unspecified atom stereocenters. The fraction of sp³-hybridized carbons (Fsp3) is 0.714. The van der Waals surface area contributed by atoms with Crippen LogP contribution in [0, 0.1) is 0 Å². The lowest BCUT2D eigenvalue weighted by Crippen LogP contribution is -2.29. The first-order valence-corrected chi connectivity index (χ1v) is 8.22. The molecule has 1 aromatic heterocycles. The first kappa shape index (κ1) is 15.4. The molecule has 0 radical (unpaired) electrons. The second-order valence-corrected chi connectivity index (χ2v) is 5.99. The number of carbonyl (C=O) groups excluding carboxylic acids is 1. The minimum absolute atomic E-state index is 0.128. The Labute approximate surface area is 123 Å². The van der Waals surface area contributed by atoms with Crippen LogP contribution in [0.5, 0.6) is 0 Å². The summed E-state index contributed by atoms with van der Waals surface area (Å²) in [6.45, 7) is 1.68. The van der Waals surface area contributed by atoms with E-state index in [1.54, 1.807) is 5.38 Å². The highest BCUT2D eigenvalue weighted by Gasteiger charge is 2.14. The standard InChI is InChI=1S/C14H23N3O2S/c15-7-6-13-17-12(10-20-13)14(18)16-8-9-19-11-4-2-1-3-5-11/h10-11H,1-9,15H2,(H,16,18). The molecule has 1 aliphatic rings. The van der Waals surface area contributed by atoms with Crippen LogP contribution < -0.4 is 11.1 Å². The van der Waals surface area contributed by atoms with Gasteiger partial charge in [0.1, 0.15) is 5.69 Å². The number of nitrogens with one attached hydrogen (secondary N) is 1. The van der Waals surface area contributed by atoms with E-state index < -0.39 is 0 Å². The summed E-state index contributed by atoms with van der Waals surface area (Å²) >= 11 is 1.48. The smallest absolute Gasteiger partial charge is 0.270 e. The van der Waals surface area contributed by atoms with Crippen molar-refractivity contribution in [3.05, 3.63) is 16.1 Å². The van der Waals surface area contributed by atoms with E-state index in [1.165, 1.54) is 30.6 Å². The van der Waals surface area contributed by atoms with Crippen molar-refractivity contribution in [3.8, 4) is 0 Å². The van der Waals surface area contributed by atoms with Crippen molar-refractivity contribution in [2.24, 2.45) is 5.73 Å². The molecule has 0 atom stereocenters. The lowest BCUT2D eigenvalue weighted by Gasteiger charge is -2.21. The average Bonchev–Trinajstić information content (AvgIpc) is 2.94. The van der Waals surface area contributed by atoms with Gasteiger partial charge in [-0.25, -0.2) is 4.98 Å². The van der Waals surface area contributed by atoms with Crippen molar-refractivity contribution in [2.45, 2.75) is 44.6 Å². The van der Waals surface area contributed by atoms with Gasteiger partial charge in [0.25, 0.3) is 5.91 Å². The van der Waals surface area contributed by atoms with Crippen molar-refractivity contribution in [3.63, 3.8) is 0 Å². The molecule has 1 heterocycles. The van der Waals surface area contributed by atoms with E-state index in [-0.39, 0.29) is 5.91 Å². The molecule has 0 bridgehead atoms. The molecule has 0 spiro atoms. The van der Waals surface area contributed by atoms with Gasteiger partial charge in [0, 0.05) is 18.3 Å². The number of ether oxygens (including phenoxy) is 1. The van der Waals surface area contributed by atoms with E-state index in [9.17, 15) is 4.79 Å². The number of rotatable bonds is 7. The monoisotopic (exact) mass is 297 g/mol. The van der Waals surface area contributed by atoms with Gasteiger partial charge in [-0.05, 0) is 19.4 Å². The third-order valence-electron chi connectivity index (χ3n) is 3.44. The Morgan fingerprint density at radius 3 is 3.00 bits per heavy atom. The second kappa shape index (κ2) is 8.34. The van der Waals surface area contributed by atoms with Gasteiger partial charge in [0.2, 0.25) is 0 Å². The van der Waals surface area contributed by atoms with Gasteiger partial charge in [0.05, 0.1) is 17.7 Å². The Morgan fingerprint density at radius 2 is 2.25 bits per heavy atom. The van der Waals surface area contributed by atoms with Crippen LogP contribution in [0.15, 0.2) is 5.38 Å². The van der Waals surface area contributed by atoms with Crippen LogP contribution in [0.3, 0.4) is 0 Å². The first-order chi connectivity index (χ1) is 9.79. The number of thiazole rings is 1. The van der Waals surface area contributed by atoms with Crippen LogP contribution in [0.4, 0.5) is 0 Å². The largest absolute Gasteiger partial charge is 0.376 e. The zero-order valence-electron chi connectivity index (χ0n) is 11.8. The molecule has 1 fully saturated rings. The maximum atomic E-state index is 11.9. The molecule has 0 aromatic carbocycles. The molecule has 2 rings (SSSR count). The number of amides is 1. The molecule has 1 aromatic rings. The molecule has 0 saturated heterocycles. The molecule has 1 aliphatic carbocycles. The van der Waals surface area contributed by atoms with Crippen LogP contribution in [0.1, 0.15) is 47.6 Å². The summed E-state index contributed by atoms with van der Waals surface area (Å²) in [5, 5.41) is 5.54. The van der Waals surface area contributed by atoms with E-state index in [0.29, 0.717) is 31.5 Å². The van der Waals surface area contributed by atoms with E-state index >= 15 is 0 Å². The number of hydrogen-bond acceptors (Lipinski definition) is 5. The highest BCUT2D eigenvalue weighted by molar-refractivity contribution is 7.09. The fourth-order valence-corrected chi connectivity index (χ4v) is 3.16. The van der Waals surface area contributed by atoms with Gasteiger partial charge < -0.3 is 15.8 Å². The van der Waals surface area contributed by atoms with E-state index in [0.717, 1.165) is 24.3 Å². The number of hydrogen-bond donors (Lipinski definition) is 2. The maximum Gasteiger partial charge on any atom is 0.270 e. The second-order valence-electron chi connectivity index (χ2n) is 5.05. The fourth-order valence-electron chi connectivity index (χ4n) is 2.37. The molecule has 20 heavy (non-hydrogen) atoms. The van der Waals surface area contributed by atoms with Gasteiger partial charge >= 0.3 is 0 Å². The number of carbonyl (C=O) groups is 1. The van der Waals surface area contributed by atoms with Gasteiger partial charge in [-0.15, -0.1) is 11.3 Å². The minimum Gasteiger partial charge on any atom is -0.376 e. The SMILES string of the molecule is NCCc1nc(C(=O)NCCOC2CCCCC2)cs1. The lowest BCUT2D eigenvalue weighted by atomic mass is 9.98. The van der Waals surface area contributed by atoms with Gasteiger partial charge in [-0.1, -0.05) is 19.3 Å². The number of nitrogens with two attached hydrogens (primary N) is 1. The van der Waals surface area contributed by atoms with Crippen LogP contribution in [0.25, 0.3) is 0 Å². The normalized spacial score (nSPS) is 16.2. The summed E-state index contributed by atoms with van der Waals surface area (Å²) in [5.41, 5.74) is 5.95. The Hall–Kier alpha value is -0.980. The summed E-state index contributed by atoms with van der Waals surface area (Å²) in [5.74, 6) is -0.128. The summed E-state index contributed by atoms with van der Waals surface area (Å²) < 4.78 is 5.76. The average molecular weight is 297 g/mol. The summed E-state index contributed by atoms with van der Waals surface area (Å²) in [7, 11) is 0. The maximum absolute atomic E-state index is 11.9. The zero-order valence-corrected chi connectivity index (χ0v) is 12.6. The van der Waals surface area contributed by atoms with Crippen molar-refractivity contribution in [2.75, 3.05) is 19.7 Å². The quantitative estimate of drug-likeness (QED) is 0.751. The predicted octanol–water partition coefficient (Wildman–Crippen LogP) is 1.72. The molecule has 6 heteroatoms. The third-order valence-corrected chi connectivity index (χ3v) is 4.34. The number of nitrogens with zero attached hydrogens (tertiary/aromatic N) is 1. The topological polar surface area (TPSA) is 77.2 Å². The van der Waals surface area contributed by atoms with Crippen LogP contribution >= 0.6 is 11.3 Å². The molecule has 5 nitrogen and oxygen atoms in total. The Kier molecular flexibility index (Phi) is 6.42. The van der Waals surface area contributed by atoms with Crippen molar-refractivity contribution in [1.82, 2.24) is 10.3 Å². The molecule has 112 valence electrons. The lowest BCUT2D eigenvalue weighted by molar-refractivity contribution is 0.0299. The van der Waals surface area contributed by atoms with Gasteiger partial charge in [-0.2, -0.15) is 0 Å². The molecular formula is C14H23N3O2S. The zero-order chi connectivity index (χ0) is 14.2. The van der Waals surface area contributed by atoms with Gasteiger partial charge in [0.15, 0.2) is 0 Å². The van der Waals surface area contributed by atoms with Crippen LogP contribution in [-0.4, -0.2) is 36.7 Å². The van der Waals surface area contributed by atoms with E-state index in [1.807, 2.05) is 0 Å². The van der Waals surface area contributed by atoms with Crippen molar-refractivity contribution >= 4 is 17.2 Å². The minimum atomic E-state index is -0.128. The molecule has 1 amide bonds. The van der Waals surface area contributed by atoms with E-state index in [4.69, 9.17) is 10.5 Å². The van der Waals surface area contributed by atoms with Crippen molar-refractivity contribution < 1.29 is 9.53 Å². The van der Waals surface area contributed by atoms with E-state index in [2.05, 4.69) is 10.3 Å². The Balaban J connectivity index is 1.63. The van der Waals surface area contributed by atoms with Crippen LogP contribution in [0.2, 0.25) is 0 Å². The van der Waals surface area contributed by atoms with Gasteiger partial charge in [-0.3, -0.25) is 4.79 Å². The molecule has 3 N–H and O–H groups in total. The highest BCUT2D eigenvalue weighted by Crippen LogP contribution is 2.19. The predicted molar refractivity (Wildman–Crippen MR) is 80.0 cm³/mol. The Bertz CT molecular complexity index is 416. The first-order valence-electron chi connectivity index (χ1n) is 7.34. The number of aromatic nitrogens is 1. The van der Waals surface area contributed by atoms with Crippen molar-refractivity contribution in [1.29, 1.82) is 0 Å².